The third-order valence-corrected chi connectivity index (χ3v) is 7.08. The number of aliphatic hydroxyl groups excluding tert-OH is 1. The normalized spacial score (nSPS) is 13.6. The molecular weight excluding hydrogens is 316 g/mol. The van der Waals surface area contributed by atoms with Crippen LogP contribution in [0.5, 0.6) is 0 Å². The molecule has 1 unspecified atom stereocenters. The fourth-order valence-corrected chi connectivity index (χ4v) is 5.33. The number of hydrogen-bond donors (Lipinski definition) is 2. The average molecular weight is 332 g/mol. The second kappa shape index (κ2) is 5.90. The van der Waals surface area contributed by atoms with Gasteiger partial charge < -0.3 is 5.11 Å². The van der Waals surface area contributed by atoms with Crippen molar-refractivity contribution in [3.63, 3.8) is 0 Å². The molecule has 2 aromatic rings. The summed E-state index contributed by atoms with van der Waals surface area (Å²) in [5, 5.41) is 9.92. The van der Waals surface area contributed by atoms with Gasteiger partial charge >= 0.3 is 0 Å². The lowest BCUT2D eigenvalue weighted by Crippen LogP contribution is -2.26. The van der Waals surface area contributed by atoms with Gasteiger partial charge in [-0.1, -0.05) is 0 Å². The molecule has 0 amide bonds. The first-order valence-electron chi connectivity index (χ1n) is 5.99. The number of nitrogens with zero attached hydrogens (tertiary/aromatic N) is 1. The topological polar surface area (TPSA) is 79.3 Å². The number of rotatable bonds is 5. The van der Waals surface area contributed by atoms with E-state index in [1.165, 1.54) is 17.4 Å². The van der Waals surface area contributed by atoms with Crippen molar-refractivity contribution in [2.45, 2.75) is 37.6 Å². The van der Waals surface area contributed by atoms with Crippen LogP contribution in [0.1, 0.15) is 33.4 Å². The van der Waals surface area contributed by atoms with Gasteiger partial charge in [-0.25, -0.2) is 18.1 Å². The molecule has 1 atom stereocenters. The summed E-state index contributed by atoms with van der Waals surface area (Å²) >= 11 is 2.57. The van der Waals surface area contributed by atoms with Gasteiger partial charge in [0.1, 0.15) is 4.21 Å². The van der Waals surface area contributed by atoms with Gasteiger partial charge in [0.15, 0.2) is 0 Å². The summed E-state index contributed by atoms with van der Waals surface area (Å²) in [7, 11) is -3.57. The zero-order valence-electron chi connectivity index (χ0n) is 11.4. The van der Waals surface area contributed by atoms with E-state index in [0.29, 0.717) is 4.88 Å². The molecule has 8 heteroatoms. The Bertz CT molecular complexity index is 703. The fraction of sp³-hybridized carbons (Fsp3) is 0.417. The molecule has 0 aliphatic carbocycles. The van der Waals surface area contributed by atoms with Crippen molar-refractivity contribution in [1.82, 2.24) is 9.71 Å². The summed E-state index contributed by atoms with van der Waals surface area (Å²) in [6.45, 7) is 5.43. The van der Waals surface area contributed by atoms with Crippen LogP contribution in [0.15, 0.2) is 16.3 Å². The van der Waals surface area contributed by atoms with Crippen molar-refractivity contribution in [3.8, 4) is 0 Å². The Morgan fingerprint density at radius 2 is 2.05 bits per heavy atom. The van der Waals surface area contributed by atoms with Crippen molar-refractivity contribution in [2.75, 3.05) is 0 Å². The quantitative estimate of drug-likeness (QED) is 0.881. The number of thiazole rings is 1. The van der Waals surface area contributed by atoms with Crippen LogP contribution in [0.25, 0.3) is 0 Å². The van der Waals surface area contributed by atoms with Crippen LogP contribution < -0.4 is 4.72 Å². The van der Waals surface area contributed by atoms with Gasteiger partial charge in [0.25, 0.3) is 10.0 Å². The van der Waals surface area contributed by atoms with E-state index in [4.69, 9.17) is 5.11 Å². The number of aliphatic hydroxyl groups is 1. The van der Waals surface area contributed by atoms with E-state index in [1.807, 2.05) is 13.8 Å². The Kier molecular flexibility index (Phi) is 4.60. The SMILES string of the molecule is Cc1nc(C)c(C(C)NS(=O)(=O)c2ccc(CO)s2)s1. The minimum Gasteiger partial charge on any atom is -0.391 e. The van der Waals surface area contributed by atoms with Gasteiger partial charge in [-0.2, -0.15) is 0 Å². The zero-order chi connectivity index (χ0) is 14.9. The van der Waals surface area contributed by atoms with Gasteiger partial charge in [0.2, 0.25) is 0 Å². The van der Waals surface area contributed by atoms with Crippen molar-refractivity contribution < 1.29 is 13.5 Å². The summed E-state index contributed by atoms with van der Waals surface area (Å²) in [6.07, 6.45) is 0. The van der Waals surface area contributed by atoms with Gasteiger partial charge in [0, 0.05) is 9.75 Å². The largest absolute Gasteiger partial charge is 0.391 e. The first-order chi connectivity index (χ1) is 9.33. The highest BCUT2D eigenvalue weighted by Gasteiger charge is 2.22. The van der Waals surface area contributed by atoms with E-state index < -0.39 is 10.0 Å². The predicted molar refractivity (Wildman–Crippen MR) is 80.6 cm³/mol. The molecule has 110 valence electrons. The van der Waals surface area contributed by atoms with Crippen LogP contribution >= 0.6 is 22.7 Å². The van der Waals surface area contributed by atoms with Crippen LogP contribution in [0.3, 0.4) is 0 Å². The molecule has 0 saturated heterocycles. The summed E-state index contributed by atoms with van der Waals surface area (Å²) in [5.41, 5.74) is 0.852. The van der Waals surface area contributed by atoms with E-state index in [2.05, 4.69) is 9.71 Å². The molecule has 20 heavy (non-hydrogen) atoms. The Hall–Kier alpha value is -0.800. The predicted octanol–water partition coefficient (Wildman–Crippen LogP) is 2.35. The van der Waals surface area contributed by atoms with Crippen LogP contribution in [0, 0.1) is 13.8 Å². The number of aryl methyl sites for hydroxylation is 2. The van der Waals surface area contributed by atoms with Crippen LogP contribution in [0.2, 0.25) is 0 Å². The molecular formula is C12H16N2O3S3. The van der Waals surface area contributed by atoms with E-state index in [0.717, 1.165) is 26.9 Å². The lowest BCUT2D eigenvalue weighted by Gasteiger charge is -2.12. The third-order valence-electron chi connectivity index (χ3n) is 2.72. The van der Waals surface area contributed by atoms with Crippen molar-refractivity contribution in [3.05, 3.63) is 32.6 Å². The lowest BCUT2D eigenvalue weighted by molar-refractivity contribution is 0.285. The summed E-state index contributed by atoms with van der Waals surface area (Å²) in [5.74, 6) is 0. The van der Waals surface area contributed by atoms with Gasteiger partial charge in [0.05, 0.1) is 23.4 Å². The minimum atomic E-state index is -3.57. The lowest BCUT2D eigenvalue weighted by atomic mass is 10.2. The molecule has 2 aromatic heterocycles. The summed E-state index contributed by atoms with van der Waals surface area (Å²) < 4.78 is 27.4. The second-order valence-electron chi connectivity index (χ2n) is 4.40. The van der Waals surface area contributed by atoms with E-state index in [1.54, 1.807) is 13.0 Å². The maximum absolute atomic E-state index is 12.3. The molecule has 2 N–H and O–H groups in total. The maximum Gasteiger partial charge on any atom is 0.250 e. The molecule has 0 saturated carbocycles. The Labute approximate surface area is 126 Å². The molecule has 0 aromatic carbocycles. The molecule has 0 bridgehead atoms. The number of thiophene rings is 1. The molecule has 5 nitrogen and oxygen atoms in total. The van der Waals surface area contributed by atoms with Crippen LogP contribution in [-0.2, 0) is 16.6 Å². The van der Waals surface area contributed by atoms with Crippen LogP contribution in [0.4, 0.5) is 0 Å². The third kappa shape index (κ3) is 3.26. The number of aromatic nitrogens is 1. The molecule has 0 spiro atoms. The van der Waals surface area contributed by atoms with E-state index in [-0.39, 0.29) is 16.9 Å². The van der Waals surface area contributed by atoms with Crippen molar-refractivity contribution in [2.24, 2.45) is 0 Å². The molecule has 0 fully saturated rings. The fourth-order valence-electron chi connectivity index (χ4n) is 1.88. The Morgan fingerprint density at radius 1 is 1.35 bits per heavy atom. The van der Waals surface area contributed by atoms with E-state index >= 15 is 0 Å². The molecule has 2 rings (SSSR count). The summed E-state index contributed by atoms with van der Waals surface area (Å²) in [4.78, 5) is 5.85. The molecule has 0 radical (unpaired) electrons. The smallest absolute Gasteiger partial charge is 0.250 e. The highest BCUT2D eigenvalue weighted by Crippen LogP contribution is 2.27. The number of nitrogens with one attached hydrogen (secondary N) is 1. The monoisotopic (exact) mass is 332 g/mol. The number of sulfonamides is 1. The van der Waals surface area contributed by atoms with Crippen molar-refractivity contribution >= 4 is 32.7 Å². The first kappa shape index (κ1) is 15.6. The Balaban J connectivity index is 2.21. The highest BCUT2D eigenvalue weighted by molar-refractivity contribution is 7.91. The zero-order valence-corrected chi connectivity index (χ0v) is 13.8. The van der Waals surface area contributed by atoms with E-state index in [9.17, 15) is 8.42 Å². The summed E-state index contributed by atoms with van der Waals surface area (Å²) in [6, 6.07) is 2.80. The highest BCUT2D eigenvalue weighted by atomic mass is 32.2. The average Bonchev–Trinajstić information content (AvgIpc) is 2.95. The molecule has 0 aliphatic heterocycles. The second-order valence-corrected chi connectivity index (χ2v) is 8.75. The first-order valence-corrected chi connectivity index (χ1v) is 9.11. The standard InChI is InChI=1S/C12H16N2O3S3/c1-7-12(18-9(3)13-7)8(2)14-20(16,17)11-5-4-10(6-15)19-11/h4-5,8,14-15H,6H2,1-3H3. The maximum atomic E-state index is 12.3. The Morgan fingerprint density at radius 3 is 2.55 bits per heavy atom. The molecule has 0 aliphatic rings. The van der Waals surface area contributed by atoms with Gasteiger partial charge in [-0.3, -0.25) is 0 Å². The molecule has 2 heterocycles. The number of hydrogen-bond acceptors (Lipinski definition) is 6. The van der Waals surface area contributed by atoms with Gasteiger partial charge in [-0.05, 0) is 32.9 Å². The van der Waals surface area contributed by atoms with Crippen LogP contribution in [-0.4, -0.2) is 18.5 Å². The minimum absolute atomic E-state index is 0.150. The van der Waals surface area contributed by atoms with Crippen molar-refractivity contribution in [1.29, 1.82) is 0 Å². The van der Waals surface area contributed by atoms with Gasteiger partial charge in [-0.15, -0.1) is 22.7 Å².